The summed E-state index contributed by atoms with van der Waals surface area (Å²) in [4.78, 5) is 23.4. The summed E-state index contributed by atoms with van der Waals surface area (Å²) in [6.07, 6.45) is -0.383. The second-order valence-corrected chi connectivity index (χ2v) is 5.18. The van der Waals surface area contributed by atoms with E-state index in [-0.39, 0.29) is 23.4 Å². The van der Waals surface area contributed by atoms with Crippen molar-refractivity contribution >= 4 is 16.9 Å². The lowest BCUT2D eigenvalue weighted by Gasteiger charge is -2.17. The van der Waals surface area contributed by atoms with Crippen LogP contribution in [0.15, 0.2) is 29.1 Å². The normalized spacial score (nSPS) is 12.3. The van der Waals surface area contributed by atoms with E-state index in [1.165, 1.54) is 28.8 Å². The fraction of sp³-hybridized carbons (Fsp3) is 0.375. The van der Waals surface area contributed by atoms with Crippen LogP contribution >= 0.6 is 0 Å². The SMILES string of the molecule is CCCOc1cc(C(=O)O)cc2ccc(=O)n(CC(O)CO)c12. The second kappa shape index (κ2) is 7.26. The number of rotatable bonds is 7. The van der Waals surface area contributed by atoms with Gasteiger partial charge in [0.15, 0.2) is 0 Å². The molecule has 1 aromatic carbocycles. The van der Waals surface area contributed by atoms with Crippen molar-refractivity contribution in [3.05, 3.63) is 40.2 Å². The maximum atomic E-state index is 12.1. The molecule has 124 valence electrons. The van der Waals surface area contributed by atoms with Crippen LogP contribution in [-0.2, 0) is 6.54 Å². The monoisotopic (exact) mass is 321 g/mol. The molecule has 0 amide bonds. The zero-order valence-electron chi connectivity index (χ0n) is 12.7. The van der Waals surface area contributed by atoms with Crippen molar-refractivity contribution in [2.45, 2.75) is 26.0 Å². The first-order valence-corrected chi connectivity index (χ1v) is 7.30. The van der Waals surface area contributed by atoms with Crippen LogP contribution < -0.4 is 10.3 Å². The van der Waals surface area contributed by atoms with Crippen molar-refractivity contribution in [2.24, 2.45) is 0 Å². The Morgan fingerprint density at radius 2 is 2.09 bits per heavy atom. The van der Waals surface area contributed by atoms with Crippen LogP contribution in [0.25, 0.3) is 10.9 Å². The average Bonchev–Trinajstić information content (AvgIpc) is 2.54. The van der Waals surface area contributed by atoms with E-state index in [0.717, 1.165) is 6.42 Å². The van der Waals surface area contributed by atoms with Crippen LogP contribution in [0.2, 0.25) is 0 Å². The molecule has 7 nitrogen and oxygen atoms in total. The van der Waals surface area contributed by atoms with Crippen LogP contribution in [0.3, 0.4) is 0 Å². The molecule has 0 aliphatic carbocycles. The summed E-state index contributed by atoms with van der Waals surface area (Å²) < 4.78 is 6.89. The molecule has 23 heavy (non-hydrogen) atoms. The van der Waals surface area contributed by atoms with E-state index in [4.69, 9.17) is 9.84 Å². The van der Waals surface area contributed by atoms with Gasteiger partial charge in [0.2, 0.25) is 0 Å². The Labute approximate surface area is 132 Å². The number of aromatic nitrogens is 1. The third kappa shape index (κ3) is 3.69. The van der Waals surface area contributed by atoms with Crippen molar-refractivity contribution < 1.29 is 24.9 Å². The minimum Gasteiger partial charge on any atom is -0.491 e. The molecule has 0 saturated heterocycles. The smallest absolute Gasteiger partial charge is 0.335 e. The highest BCUT2D eigenvalue weighted by Gasteiger charge is 2.16. The minimum absolute atomic E-state index is 0.0523. The van der Waals surface area contributed by atoms with Crippen LogP contribution in [0, 0.1) is 0 Å². The largest absolute Gasteiger partial charge is 0.491 e. The van der Waals surface area contributed by atoms with Crippen LogP contribution in [0.5, 0.6) is 5.75 Å². The highest BCUT2D eigenvalue weighted by molar-refractivity contribution is 5.96. The molecule has 0 aliphatic heterocycles. The molecule has 0 bridgehead atoms. The Morgan fingerprint density at radius 1 is 1.35 bits per heavy atom. The molecule has 2 rings (SSSR count). The Hall–Kier alpha value is -2.38. The van der Waals surface area contributed by atoms with Crippen molar-refractivity contribution in [3.63, 3.8) is 0 Å². The molecule has 3 N–H and O–H groups in total. The maximum absolute atomic E-state index is 12.1. The average molecular weight is 321 g/mol. The van der Waals surface area contributed by atoms with Gasteiger partial charge in [-0.05, 0) is 24.6 Å². The van der Waals surface area contributed by atoms with E-state index < -0.39 is 18.7 Å². The number of carbonyl (C=O) groups is 1. The number of aromatic carboxylic acids is 1. The van der Waals surface area contributed by atoms with Crippen molar-refractivity contribution in [2.75, 3.05) is 13.2 Å². The molecule has 0 saturated carbocycles. The molecule has 2 aromatic rings. The lowest BCUT2D eigenvalue weighted by atomic mass is 10.1. The number of hydrogen-bond donors (Lipinski definition) is 3. The molecule has 1 atom stereocenters. The summed E-state index contributed by atoms with van der Waals surface area (Å²) in [5, 5.41) is 28.4. The van der Waals surface area contributed by atoms with Gasteiger partial charge < -0.3 is 24.6 Å². The zero-order valence-corrected chi connectivity index (χ0v) is 12.7. The number of nitrogens with zero attached hydrogens (tertiary/aromatic N) is 1. The number of aliphatic hydroxyl groups excluding tert-OH is 2. The summed E-state index contributed by atoms with van der Waals surface area (Å²) in [6.45, 7) is 1.68. The number of pyridine rings is 1. The first-order chi connectivity index (χ1) is 11.0. The Bertz CT molecular complexity index is 767. The number of fused-ring (bicyclic) bond motifs is 1. The van der Waals surface area contributed by atoms with Crippen molar-refractivity contribution in [1.29, 1.82) is 0 Å². The number of carboxylic acids is 1. The molecule has 1 heterocycles. The molecule has 0 radical (unpaired) electrons. The number of benzene rings is 1. The highest BCUT2D eigenvalue weighted by Crippen LogP contribution is 2.27. The summed E-state index contributed by atoms with van der Waals surface area (Å²) in [5.41, 5.74) is 0.0920. The number of hydrogen-bond acceptors (Lipinski definition) is 5. The molecule has 1 unspecified atom stereocenters. The van der Waals surface area contributed by atoms with Crippen molar-refractivity contribution in [1.82, 2.24) is 4.57 Å². The van der Waals surface area contributed by atoms with Gasteiger partial charge in [0.1, 0.15) is 5.75 Å². The van der Waals surface area contributed by atoms with E-state index in [9.17, 15) is 19.8 Å². The fourth-order valence-electron chi connectivity index (χ4n) is 2.30. The topological polar surface area (TPSA) is 109 Å². The van der Waals surface area contributed by atoms with E-state index in [2.05, 4.69) is 0 Å². The van der Waals surface area contributed by atoms with E-state index in [0.29, 0.717) is 17.5 Å². The number of carboxylic acid groups (broad SMARTS) is 1. The highest BCUT2D eigenvalue weighted by atomic mass is 16.5. The van der Waals surface area contributed by atoms with Gasteiger partial charge in [-0.1, -0.05) is 6.92 Å². The molecular weight excluding hydrogens is 302 g/mol. The van der Waals surface area contributed by atoms with Crippen LogP contribution in [0.4, 0.5) is 0 Å². The predicted octanol–water partition coefficient (Wildman–Crippen LogP) is 0.842. The molecule has 0 aliphatic rings. The predicted molar refractivity (Wildman–Crippen MR) is 84.0 cm³/mol. The second-order valence-electron chi connectivity index (χ2n) is 5.18. The fourth-order valence-corrected chi connectivity index (χ4v) is 2.30. The van der Waals surface area contributed by atoms with Crippen LogP contribution in [0.1, 0.15) is 23.7 Å². The standard InChI is InChI=1S/C16H19NO6/c1-2-5-23-13-7-11(16(21)22)6-10-3-4-14(20)17(15(10)13)8-12(19)9-18/h3-4,6-7,12,18-19H,2,5,8-9H2,1H3,(H,21,22). The van der Waals surface area contributed by atoms with E-state index in [1.54, 1.807) is 0 Å². The van der Waals surface area contributed by atoms with Gasteiger partial charge >= 0.3 is 5.97 Å². The van der Waals surface area contributed by atoms with Gasteiger partial charge in [0.25, 0.3) is 5.56 Å². The zero-order chi connectivity index (χ0) is 17.0. The lowest BCUT2D eigenvalue weighted by molar-refractivity contribution is 0.0696. The number of ether oxygens (including phenoxy) is 1. The van der Waals surface area contributed by atoms with Gasteiger partial charge in [0, 0.05) is 11.5 Å². The van der Waals surface area contributed by atoms with Gasteiger partial charge in [-0.3, -0.25) is 4.79 Å². The summed E-state index contributed by atoms with van der Waals surface area (Å²) in [6, 6.07) is 5.62. The molecular formula is C16H19NO6. The first kappa shape index (κ1) is 17.0. The van der Waals surface area contributed by atoms with Gasteiger partial charge in [-0.2, -0.15) is 0 Å². The summed E-state index contributed by atoms with van der Waals surface area (Å²) >= 11 is 0. The quantitative estimate of drug-likeness (QED) is 0.697. The number of aliphatic hydroxyl groups is 2. The van der Waals surface area contributed by atoms with Gasteiger partial charge in [-0.25, -0.2) is 4.79 Å². The minimum atomic E-state index is -1.10. The third-order valence-corrected chi connectivity index (χ3v) is 3.36. The molecule has 7 heteroatoms. The van der Waals surface area contributed by atoms with E-state index >= 15 is 0 Å². The Morgan fingerprint density at radius 3 is 2.70 bits per heavy atom. The van der Waals surface area contributed by atoms with Crippen molar-refractivity contribution in [3.8, 4) is 5.75 Å². The van der Waals surface area contributed by atoms with Gasteiger partial charge in [0.05, 0.1) is 36.9 Å². The van der Waals surface area contributed by atoms with Crippen LogP contribution in [-0.4, -0.2) is 45.2 Å². The summed E-state index contributed by atoms with van der Waals surface area (Å²) in [7, 11) is 0. The molecule has 0 fully saturated rings. The third-order valence-electron chi connectivity index (χ3n) is 3.36. The lowest BCUT2D eigenvalue weighted by Crippen LogP contribution is -2.28. The molecule has 0 spiro atoms. The maximum Gasteiger partial charge on any atom is 0.335 e. The van der Waals surface area contributed by atoms with Gasteiger partial charge in [-0.15, -0.1) is 0 Å². The Balaban J connectivity index is 2.71. The first-order valence-electron chi connectivity index (χ1n) is 7.30. The Kier molecular flexibility index (Phi) is 5.36. The van der Waals surface area contributed by atoms with E-state index in [1.807, 2.05) is 6.92 Å². The summed E-state index contributed by atoms with van der Waals surface area (Å²) in [5.74, 6) is -0.828. The molecule has 1 aromatic heterocycles.